The molecule has 0 radical (unpaired) electrons. The molecule has 4 heteroatoms. The van der Waals surface area contributed by atoms with Crippen LogP contribution in [-0.4, -0.2) is 14.5 Å². The number of hydrogen-bond donors (Lipinski definition) is 0. The van der Waals surface area contributed by atoms with Crippen LogP contribution in [0.1, 0.15) is 5.56 Å². The average molecular weight is 651 g/mol. The Morgan fingerprint density at radius 2 is 0.824 bits per heavy atom. The van der Waals surface area contributed by atoms with E-state index in [0.717, 1.165) is 55.7 Å². The number of aromatic nitrogens is 3. The Hall–Kier alpha value is -7.09. The summed E-state index contributed by atoms with van der Waals surface area (Å²) in [7, 11) is 0. The fraction of sp³-hybridized carbons (Fsp3) is 0. The predicted octanol–water partition coefficient (Wildman–Crippen LogP) is 11.8. The van der Waals surface area contributed by atoms with Crippen LogP contribution in [0.5, 0.6) is 0 Å². The Balaban J connectivity index is 1.48. The molecule has 7 aromatic carbocycles. The number of para-hydroxylation sites is 2. The van der Waals surface area contributed by atoms with Gasteiger partial charge in [0.1, 0.15) is 11.6 Å². The molecule has 0 atom stereocenters. The van der Waals surface area contributed by atoms with Gasteiger partial charge < -0.3 is 4.57 Å². The molecular formula is C47H30N4. The SMILES string of the molecule is N#Cc1c(-c2ccccc2)nc(-c2ccc(-c3ccccc3)c(-c3ccccc3)c2-n2c3ccccc3c3ccccc32)nc1-c1ccccc1. The molecule has 0 amide bonds. The second-order valence-electron chi connectivity index (χ2n) is 12.4. The van der Waals surface area contributed by atoms with Crippen LogP contribution in [0.25, 0.3) is 83.6 Å². The van der Waals surface area contributed by atoms with Crippen LogP contribution in [0.4, 0.5) is 0 Å². The average Bonchev–Trinajstić information content (AvgIpc) is 3.55. The van der Waals surface area contributed by atoms with Crippen LogP contribution >= 0.6 is 0 Å². The van der Waals surface area contributed by atoms with E-state index >= 15 is 0 Å². The third kappa shape index (κ3) is 5.17. The molecule has 0 saturated heterocycles. The van der Waals surface area contributed by atoms with E-state index in [1.54, 1.807) is 0 Å². The number of nitrogens with zero attached hydrogens (tertiary/aromatic N) is 4. The van der Waals surface area contributed by atoms with Gasteiger partial charge in [-0.05, 0) is 34.9 Å². The van der Waals surface area contributed by atoms with E-state index in [2.05, 4.69) is 132 Å². The fourth-order valence-electron chi connectivity index (χ4n) is 7.22. The van der Waals surface area contributed by atoms with Gasteiger partial charge in [0, 0.05) is 33.0 Å². The van der Waals surface area contributed by atoms with E-state index in [1.165, 1.54) is 10.8 Å². The number of benzene rings is 7. The van der Waals surface area contributed by atoms with Gasteiger partial charge in [0.2, 0.25) is 0 Å². The van der Waals surface area contributed by atoms with Crippen molar-refractivity contribution in [2.75, 3.05) is 0 Å². The van der Waals surface area contributed by atoms with Crippen LogP contribution in [0.3, 0.4) is 0 Å². The lowest BCUT2D eigenvalue weighted by atomic mass is 9.90. The molecule has 2 heterocycles. The van der Waals surface area contributed by atoms with Gasteiger partial charge in [0.05, 0.1) is 28.1 Å². The van der Waals surface area contributed by atoms with Crippen LogP contribution in [0, 0.1) is 11.3 Å². The molecule has 0 saturated carbocycles. The second kappa shape index (κ2) is 12.7. The topological polar surface area (TPSA) is 54.5 Å². The molecule has 0 aliphatic carbocycles. The van der Waals surface area contributed by atoms with Crippen LogP contribution < -0.4 is 0 Å². The molecule has 0 spiro atoms. The number of hydrogen-bond acceptors (Lipinski definition) is 3. The van der Waals surface area contributed by atoms with E-state index in [1.807, 2.05) is 60.7 Å². The molecular weight excluding hydrogens is 621 g/mol. The van der Waals surface area contributed by atoms with Crippen molar-refractivity contribution in [3.63, 3.8) is 0 Å². The van der Waals surface area contributed by atoms with Crippen molar-refractivity contribution in [1.29, 1.82) is 5.26 Å². The Bertz CT molecular complexity index is 2610. The normalized spacial score (nSPS) is 11.1. The summed E-state index contributed by atoms with van der Waals surface area (Å²) in [5.41, 5.74) is 11.7. The molecule has 9 rings (SSSR count). The van der Waals surface area contributed by atoms with E-state index < -0.39 is 0 Å². The summed E-state index contributed by atoms with van der Waals surface area (Å²) < 4.78 is 2.38. The summed E-state index contributed by atoms with van der Waals surface area (Å²) in [5, 5.41) is 13.0. The summed E-state index contributed by atoms with van der Waals surface area (Å²) in [4.78, 5) is 10.6. The minimum atomic E-state index is 0.443. The van der Waals surface area contributed by atoms with Crippen molar-refractivity contribution in [3.05, 3.63) is 188 Å². The first-order valence-electron chi connectivity index (χ1n) is 17.0. The van der Waals surface area contributed by atoms with Gasteiger partial charge >= 0.3 is 0 Å². The Morgan fingerprint density at radius 1 is 0.412 bits per heavy atom. The van der Waals surface area contributed by atoms with Crippen LogP contribution in [0.15, 0.2) is 182 Å². The van der Waals surface area contributed by atoms with E-state index in [-0.39, 0.29) is 0 Å². The highest BCUT2D eigenvalue weighted by Gasteiger charge is 2.26. The second-order valence-corrected chi connectivity index (χ2v) is 12.4. The van der Waals surface area contributed by atoms with Crippen molar-refractivity contribution in [2.24, 2.45) is 0 Å². The number of rotatable bonds is 6. The predicted molar refractivity (Wildman–Crippen MR) is 208 cm³/mol. The zero-order valence-corrected chi connectivity index (χ0v) is 27.6. The standard InChI is InChI=1S/C47H30N4/c48-31-40-44(34-21-9-3-10-22-34)49-47(50-45(40)35-23-11-4-12-24-35)39-30-29-36(32-17-5-1-6-18-32)43(33-19-7-2-8-20-33)46(39)51-41-27-15-13-25-37(41)38-26-14-16-28-42(38)51/h1-30H. The van der Waals surface area contributed by atoms with Crippen LogP contribution in [0.2, 0.25) is 0 Å². The lowest BCUT2D eigenvalue weighted by Gasteiger charge is -2.22. The lowest BCUT2D eigenvalue weighted by molar-refractivity contribution is 1.13. The molecule has 9 aromatic rings. The van der Waals surface area contributed by atoms with Crippen molar-refractivity contribution in [2.45, 2.75) is 0 Å². The van der Waals surface area contributed by atoms with Crippen molar-refractivity contribution in [1.82, 2.24) is 14.5 Å². The molecule has 2 aromatic heterocycles. The van der Waals surface area contributed by atoms with Gasteiger partial charge in [-0.1, -0.05) is 164 Å². The van der Waals surface area contributed by atoms with Crippen molar-refractivity contribution >= 4 is 21.8 Å². The number of nitriles is 1. The molecule has 0 unspecified atom stereocenters. The zero-order chi connectivity index (χ0) is 34.1. The summed E-state index contributed by atoms with van der Waals surface area (Å²) in [6.07, 6.45) is 0. The van der Waals surface area contributed by atoms with Gasteiger partial charge in [0.25, 0.3) is 0 Å². The highest BCUT2D eigenvalue weighted by atomic mass is 15.0. The Morgan fingerprint density at radius 3 is 1.31 bits per heavy atom. The van der Waals surface area contributed by atoms with Gasteiger partial charge in [0.15, 0.2) is 5.82 Å². The summed E-state index contributed by atoms with van der Waals surface area (Å²) in [6, 6.07) is 65.0. The van der Waals surface area contributed by atoms with E-state index in [0.29, 0.717) is 22.8 Å². The Kier molecular flexibility index (Phi) is 7.50. The molecule has 0 aliphatic heterocycles. The molecule has 0 N–H and O–H groups in total. The first kappa shape index (κ1) is 30.0. The van der Waals surface area contributed by atoms with Crippen molar-refractivity contribution in [3.8, 4) is 67.9 Å². The van der Waals surface area contributed by atoms with E-state index in [9.17, 15) is 5.26 Å². The summed E-state index contributed by atoms with van der Waals surface area (Å²) >= 11 is 0. The van der Waals surface area contributed by atoms with Gasteiger partial charge in [-0.3, -0.25) is 0 Å². The van der Waals surface area contributed by atoms with Crippen LogP contribution in [-0.2, 0) is 0 Å². The maximum absolute atomic E-state index is 10.6. The molecule has 0 fully saturated rings. The molecule has 0 aliphatic rings. The molecule has 238 valence electrons. The first-order chi connectivity index (χ1) is 25.3. The summed E-state index contributed by atoms with van der Waals surface area (Å²) in [6.45, 7) is 0. The summed E-state index contributed by atoms with van der Waals surface area (Å²) in [5.74, 6) is 0.542. The van der Waals surface area contributed by atoms with Crippen molar-refractivity contribution < 1.29 is 0 Å². The van der Waals surface area contributed by atoms with Gasteiger partial charge in [-0.25, -0.2) is 9.97 Å². The molecule has 4 nitrogen and oxygen atoms in total. The van der Waals surface area contributed by atoms with E-state index in [4.69, 9.17) is 9.97 Å². The highest BCUT2D eigenvalue weighted by Crippen LogP contribution is 2.46. The van der Waals surface area contributed by atoms with Gasteiger partial charge in [-0.2, -0.15) is 5.26 Å². The lowest BCUT2D eigenvalue weighted by Crippen LogP contribution is -2.06. The third-order valence-electron chi connectivity index (χ3n) is 9.49. The fourth-order valence-corrected chi connectivity index (χ4v) is 7.22. The minimum absolute atomic E-state index is 0.443. The van der Waals surface area contributed by atoms with Gasteiger partial charge in [-0.15, -0.1) is 0 Å². The molecule has 0 bridgehead atoms. The third-order valence-corrected chi connectivity index (χ3v) is 9.49. The first-order valence-corrected chi connectivity index (χ1v) is 17.0. The maximum Gasteiger partial charge on any atom is 0.162 e. The maximum atomic E-state index is 10.6. The highest BCUT2D eigenvalue weighted by molar-refractivity contribution is 6.11. The quantitative estimate of drug-likeness (QED) is 0.180. The minimum Gasteiger partial charge on any atom is -0.308 e. The largest absolute Gasteiger partial charge is 0.308 e. The zero-order valence-electron chi connectivity index (χ0n) is 27.6. The smallest absolute Gasteiger partial charge is 0.162 e. The monoisotopic (exact) mass is 650 g/mol. The Labute approximate surface area is 296 Å². The number of fused-ring (bicyclic) bond motifs is 3. The molecule has 51 heavy (non-hydrogen) atoms.